The second-order valence-corrected chi connectivity index (χ2v) is 6.96. The molecule has 22 heavy (non-hydrogen) atoms. The van der Waals surface area contributed by atoms with E-state index in [-0.39, 0.29) is 0 Å². The third-order valence-corrected chi connectivity index (χ3v) is 4.10. The average Bonchev–Trinajstić information content (AvgIpc) is 2.45. The van der Waals surface area contributed by atoms with Crippen molar-refractivity contribution in [2.24, 2.45) is 0 Å². The molecule has 0 aliphatic rings. The van der Waals surface area contributed by atoms with Crippen molar-refractivity contribution in [1.82, 2.24) is 0 Å². The van der Waals surface area contributed by atoms with Crippen molar-refractivity contribution in [2.75, 3.05) is 11.0 Å². The first-order valence-electron chi connectivity index (χ1n) is 6.84. The van der Waals surface area contributed by atoms with Crippen molar-refractivity contribution >= 4 is 37.5 Å². The van der Waals surface area contributed by atoms with Gasteiger partial charge in [-0.2, -0.15) is 0 Å². The Hall–Kier alpha value is -2.34. The first-order valence-corrected chi connectivity index (χ1v) is 8.74. The highest BCUT2D eigenvalue weighted by atomic mass is 32.2. The largest absolute Gasteiger partial charge is 0.422 e. The van der Waals surface area contributed by atoms with Crippen LogP contribution in [-0.4, -0.2) is 14.7 Å². The van der Waals surface area contributed by atoms with E-state index in [0.29, 0.717) is 16.7 Å². The second-order valence-electron chi connectivity index (χ2n) is 5.21. The van der Waals surface area contributed by atoms with Crippen molar-refractivity contribution < 1.29 is 12.8 Å². The van der Waals surface area contributed by atoms with Gasteiger partial charge in [0.15, 0.2) is 0 Å². The van der Waals surface area contributed by atoms with Crippen molar-refractivity contribution in [3.8, 4) is 0 Å². The van der Waals surface area contributed by atoms with E-state index in [1.807, 2.05) is 25.1 Å². The number of benzene rings is 2. The summed E-state index contributed by atoms with van der Waals surface area (Å²) in [5.41, 5.74) is 1.36. The number of hydrogen-bond donors (Lipinski definition) is 1. The first kappa shape index (κ1) is 14.6. The van der Waals surface area contributed by atoms with Crippen LogP contribution in [0.2, 0.25) is 0 Å². The van der Waals surface area contributed by atoms with Crippen LogP contribution in [0.25, 0.3) is 21.7 Å². The van der Waals surface area contributed by atoms with Gasteiger partial charge in [0.25, 0.3) is 0 Å². The zero-order valence-corrected chi connectivity index (χ0v) is 13.0. The number of nitrogens with one attached hydrogen (secondary N) is 1. The van der Waals surface area contributed by atoms with Crippen molar-refractivity contribution in [1.29, 1.82) is 0 Å². The Morgan fingerprint density at radius 1 is 1.05 bits per heavy atom. The fourth-order valence-corrected chi connectivity index (χ4v) is 3.03. The number of sulfonamides is 1. The molecular weight excluding hydrogens is 302 g/mol. The summed E-state index contributed by atoms with van der Waals surface area (Å²) in [4.78, 5) is 12.2. The number of fused-ring (bicyclic) bond motifs is 3. The summed E-state index contributed by atoms with van der Waals surface area (Å²) in [6, 6.07) is 10.6. The molecule has 0 saturated heterocycles. The fraction of sp³-hybridized carbons (Fsp3) is 0.188. The van der Waals surface area contributed by atoms with E-state index in [0.717, 1.165) is 29.0 Å². The van der Waals surface area contributed by atoms with Gasteiger partial charge in [0, 0.05) is 11.5 Å². The summed E-state index contributed by atoms with van der Waals surface area (Å²) in [6.07, 6.45) is 1.91. The second kappa shape index (κ2) is 5.14. The van der Waals surface area contributed by atoms with Gasteiger partial charge in [0.2, 0.25) is 10.0 Å². The lowest BCUT2D eigenvalue weighted by atomic mass is 10.0. The van der Waals surface area contributed by atoms with E-state index in [2.05, 4.69) is 4.72 Å². The molecule has 0 aliphatic heterocycles. The van der Waals surface area contributed by atoms with Crippen LogP contribution in [0.4, 0.5) is 5.69 Å². The number of hydrogen-bond acceptors (Lipinski definition) is 4. The Balaban J connectivity index is 2.28. The normalized spacial score (nSPS) is 11.9. The van der Waals surface area contributed by atoms with Gasteiger partial charge in [0.05, 0.1) is 17.3 Å². The van der Waals surface area contributed by atoms with Crippen LogP contribution in [0, 0.1) is 0 Å². The van der Waals surface area contributed by atoms with Gasteiger partial charge in [-0.15, -0.1) is 0 Å². The van der Waals surface area contributed by atoms with Gasteiger partial charge in [-0.3, -0.25) is 4.72 Å². The molecule has 0 atom stereocenters. The summed E-state index contributed by atoms with van der Waals surface area (Å²) >= 11 is 0. The van der Waals surface area contributed by atoms with E-state index in [4.69, 9.17) is 4.42 Å². The van der Waals surface area contributed by atoms with Gasteiger partial charge < -0.3 is 4.42 Å². The monoisotopic (exact) mass is 317 g/mol. The predicted molar refractivity (Wildman–Crippen MR) is 87.8 cm³/mol. The molecular formula is C16H15NO4S. The average molecular weight is 317 g/mol. The molecule has 114 valence electrons. The van der Waals surface area contributed by atoms with Crippen LogP contribution in [0.1, 0.15) is 12.5 Å². The zero-order chi connectivity index (χ0) is 15.9. The predicted octanol–water partition coefficient (Wildman–Crippen LogP) is 2.88. The van der Waals surface area contributed by atoms with Gasteiger partial charge in [0.1, 0.15) is 5.58 Å². The lowest BCUT2D eigenvalue weighted by Crippen LogP contribution is -2.09. The molecule has 1 aromatic heterocycles. The maximum absolute atomic E-state index is 12.2. The molecule has 0 unspecified atom stereocenters. The molecule has 5 nitrogen and oxygen atoms in total. The Morgan fingerprint density at radius 3 is 2.45 bits per heavy atom. The molecule has 2 aromatic carbocycles. The third kappa shape index (κ3) is 2.69. The molecule has 3 aromatic rings. The lowest BCUT2D eigenvalue weighted by molar-refractivity contribution is 0.570. The minimum atomic E-state index is -3.38. The summed E-state index contributed by atoms with van der Waals surface area (Å²) in [5.74, 6) is 0. The molecule has 0 spiro atoms. The highest BCUT2D eigenvalue weighted by molar-refractivity contribution is 7.92. The number of anilines is 1. The van der Waals surface area contributed by atoms with E-state index in [1.54, 1.807) is 12.1 Å². The summed E-state index contributed by atoms with van der Waals surface area (Å²) in [5, 5.41) is 2.11. The first-order chi connectivity index (χ1) is 10.4. The Bertz CT molecular complexity index is 1040. The standard InChI is InChI=1S/C16H15NO4S/c1-3-10-4-6-12-13-7-5-11(17-22(2,19)20)9-15(13)21-16(18)14(12)8-10/h4-9,17H,3H2,1-2H3. The van der Waals surface area contributed by atoms with Crippen molar-refractivity contribution in [2.45, 2.75) is 13.3 Å². The quantitative estimate of drug-likeness (QED) is 0.595. The molecule has 0 aliphatic carbocycles. The van der Waals surface area contributed by atoms with Gasteiger partial charge >= 0.3 is 5.63 Å². The Morgan fingerprint density at radius 2 is 1.77 bits per heavy atom. The van der Waals surface area contributed by atoms with E-state index in [9.17, 15) is 13.2 Å². The van der Waals surface area contributed by atoms with E-state index in [1.165, 1.54) is 6.07 Å². The van der Waals surface area contributed by atoms with Crippen molar-refractivity contribution in [3.63, 3.8) is 0 Å². The number of aryl methyl sites for hydroxylation is 1. The maximum Gasteiger partial charge on any atom is 0.344 e. The van der Waals surface area contributed by atoms with Crippen LogP contribution in [0.5, 0.6) is 0 Å². The Kier molecular flexibility index (Phi) is 3.41. The van der Waals surface area contributed by atoms with Crippen LogP contribution in [0.15, 0.2) is 45.6 Å². The van der Waals surface area contributed by atoms with Crippen LogP contribution in [-0.2, 0) is 16.4 Å². The third-order valence-electron chi connectivity index (χ3n) is 3.49. The lowest BCUT2D eigenvalue weighted by Gasteiger charge is -2.07. The van der Waals surface area contributed by atoms with Crippen molar-refractivity contribution in [3.05, 3.63) is 52.4 Å². The minimum Gasteiger partial charge on any atom is -0.422 e. The van der Waals surface area contributed by atoms with Crippen LogP contribution >= 0.6 is 0 Å². The number of rotatable bonds is 3. The summed E-state index contributed by atoms with van der Waals surface area (Å²) in [6.45, 7) is 2.02. The van der Waals surface area contributed by atoms with Gasteiger partial charge in [-0.05, 0) is 35.6 Å². The molecule has 1 N–H and O–H groups in total. The van der Waals surface area contributed by atoms with Crippen LogP contribution < -0.4 is 10.3 Å². The fourth-order valence-electron chi connectivity index (χ4n) is 2.48. The summed E-state index contributed by atoms with van der Waals surface area (Å²) in [7, 11) is -3.38. The van der Waals surface area contributed by atoms with Gasteiger partial charge in [-0.25, -0.2) is 13.2 Å². The smallest absolute Gasteiger partial charge is 0.344 e. The SMILES string of the molecule is CCc1ccc2c(c1)c(=O)oc1cc(NS(C)(=O)=O)ccc12. The highest BCUT2D eigenvalue weighted by Gasteiger charge is 2.10. The molecule has 0 saturated carbocycles. The maximum atomic E-state index is 12.2. The zero-order valence-electron chi connectivity index (χ0n) is 12.2. The molecule has 0 amide bonds. The molecule has 3 rings (SSSR count). The van der Waals surface area contributed by atoms with E-state index < -0.39 is 15.6 Å². The molecule has 1 heterocycles. The summed E-state index contributed by atoms with van der Waals surface area (Å²) < 4.78 is 30.3. The highest BCUT2D eigenvalue weighted by Crippen LogP contribution is 2.26. The topological polar surface area (TPSA) is 76.4 Å². The van der Waals surface area contributed by atoms with E-state index >= 15 is 0 Å². The minimum absolute atomic E-state index is 0.357. The molecule has 0 fully saturated rings. The Labute approximate surface area is 127 Å². The van der Waals surface area contributed by atoms with Gasteiger partial charge in [-0.1, -0.05) is 19.1 Å². The molecule has 0 bridgehead atoms. The van der Waals surface area contributed by atoms with Crippen LogP contribution in [0.3, 0.4) is 0 Å². The molecule has 0 radical (unpaired) electrons. The molecule has 6 heteroatoms.